The van der Waals surface area contributed by atoms with Crippen LogP contribution in [0.15, 0.2) is 54.6 Å². The number of carbonyl (C=O) groups excluding carboxylic acids is 2. The van der Waals surface area contributed by atoms with Gasteiger partial charge < -0.3 is 10.2 Å². The van der Waals surface area contributed by atoms with Crippen molar-refractivity contribution in [3.63, 3.8) is 0 Å². The molecule has 1 unspecified atom stereocenters. The van der Waals surface area contributed by atoms with Crippen molar-refractivity contribution in [2.75, 3.05) is 0 Å². The van der Waals surface area contributed by atoms with E-state index in [9.17, 15) is 9.59 Å². The van der Waals surface area contributed by atoms with Gasteiger partial charge in [0.25, 0.3) is 5.91 Å². The number of amides is 2. The van der Waals surface area contributed by atoms with Crippen molar-refractivity contribution >= 4 is 11.8 Å². The van der Waals surface area contributed by atoms with Gasteiger partial charge in [-0.3, -0.25) is 9.59 Å². The molecule has 25 heavy (non-hydrogen) atoms. The second-order valence-electron chi connectivity index (χ2n) is 7.04. The van der Waals surface area contributed by atoms with Crippen molar-refractivity contribution in [2.45, 2.75) is 45.3 Å². The summed E-state index contributed by atoms with van der Waals surface area (Å²) >= 11 is 0. The molecule has 1 aliphatic rings. The lowest BCUT2D eigenvalue weighted by molar-refractivity contribution is -0.132. The Labute approximate surface area is 148 Å². The van der Waals surface area contributed by atoms with E-state index >= 15 is 0 Å². The van der Waals surface area contributed by atoms with Gasteiger partial charge in [0.15, 0.2) is 0 Å². The summed E-state index contributed by atoms with van der Waals surface area (Å²) in [6.45, 7) is 6.22. The monoisotopic (exact) mass is 336 g/mol. The van der Waals surface area contributed by atoms with Crippen molar-refractivity contribution in [1.82, 2.24) is 10.2 Å². The highest BCUT2D eigenvalue weighted by Crippen LogP contribution is 2.33. The predicted molar refractivity (Wildman–Crippen MR) is 98.1 cm³/mol. The molecule has 0 radical (unpaired) electrons. The highest BCUT2D eigenvalue weighted by molar-refractivity contribution is 6.02. The third-order valence-corrected chi connectivity index (χ3v) is 4.83. The third kappa shape index (κ3) is 3.16. The van der Waals surface area contributed by atoms with Crippen molar-refractivity contribution in [3.8, 4) is 0 Å². The van der Waals surface area contributed by atoms with E-state index in [1.807, 2.05) is 75.4 Å². The molecule has 0 spiro atoms. The van der Waals surface area contributed by atoms with Crippen LogP contribution in [0.25, 0.3) is 0 Å². The minimum Gasteiger partial charge on any atom is -0.350 e. The van der Waals surface area contributed by atoms with Crippen LogP contribution in [0.4, 0.5) is 0 Å². The Morgan fingerprint density at radius 1 is 1.12 bits per heavy atom. The molecule has 4 heteroatoms. The number of fused-ring (bicyclic) bond motifs is 1. The molecule has 1 atom stereocenters. The Bertz CT molecular complexity index is 785. The Morgan fingerprint density at radius 2 is 1.76 bits per heavy atom. The van der Waals surface area contributed by atoms with Gasteiger partial charge in [-0.05, 0) is 38.0 Å². The number of benzene rings is 2. The van der Waals surface area contributed by atoms with Crippen LogP contribution in [0.1, 0.15) is 42.3 Å². The van der Waals surface area contributed by atoms with Crippen LogP contribution in [0.5, 0.6) is 0 Å². The largest absolute Gasteiger partial charge is 0.350 e. The average molecular weight is 336 g/mol. The second kappa shape index (κ2) is 6.71. The number of nitrogens with zero attached hydrogens (tertiary/aromatic N) is 1. The second-order valence-corrected chi connectivity index (χ2v) is 7.04. The first-order chi connectivity index (χ1) is 11.9. The van der Waals surface area contributed by atoms with E-state index in [0.29, 0.717) is 18.5 Å². The first kappa shape index (κ1) is 17.2. The van der Waals surface area contributed by atoms with Gasteiger partial charge in [0.05, 0.1) is 0 Å². The molecule has 0 saturated heterocycles. The van der Waals surface area contributed by atoms with Crippen molar-refractivity contribution in [2.24, 2.45) is 0 Å². The molecule has 3 rings (SSSR count). The van der Waals surface area contributed by atoms with Gasteiger partial charge in [0, 0.05) is 24.6 Å². The maximum absolute atomic E-state index is 13.1. The maximum Gasteiger partial charge on any atom is 0.255 e. The molecule has 0 aromatic heterocycles. The topological polar surface area (TPSA) is 49.4 Å². The zero-order valence-corrected chi connectivity index (χ0v) is 15.0. The highest BCUT2D eigenvalue weighted by atomic mass is 16.2. The van der Waals surface area contributed by atoms with Crippen LogP contribution in [-0.4, -0.2) is 28.3 Å². The summed E-state index contributed by atoms with van der Waals surface area (Å²) in [6, 6.07) is 17.3. The van der Waals surface area contributed by atoms with E-state index in [1.54, 1.807) is 4.90 Å². The number of carbonyl (C=O) groups is 2. The maximum atomic E-state index is 13.1. The van der Waals surface area contributed by atoms with Crippen LogP contribution in [-0.2, 0) is 17.8 Å². The molecule has 1 N–H and O–H groups in total. The summed E-state index contributed by atoms with van der Waals surface area (Å²) in [5.74, 6) is -0.192. The van der Waals surface area contributed by atoms with Crippen molar-refractivity contribution in [3.05, 3.63) is 71.3 Å². The number of rotatable bonds is 4. The molecule has 2 aromatic carbocycles. The van der Waals surface area contributed by atoms with Crippen LogP contribution in [0.2, 0.25) is 0 Å². The van der Waals surface area contributed by atoms with E-state index in [4.69, 9.17) is 0 Å². The Hall–Kier alpha value is -2.62. The molecule has 2 aromatic rings. The van der Waals surface area contributed by atoms with Gasteiger partial charge in [0.1, 0.15) is 5.54 Å². The van der Waals surface area contributed by atoms with E-state index in [0.717, 1.165) is 11.1 Å². The molecule has 2 amide bonds. The quantitative estimate of drug-likeness (QED) is 0.932. The predicted octanol–water partition coefficient (Wildman–Crippen LogP) is 3.17. The smallest absolute Gasteiger partial charge is 0.255 e. The molecule has 1 heterocycles. The van der Waals surface area contributed by atoms with Gasteiger partial charge in [-0.1, -0.05) is 48.5 Å². The first-order valence-corrected chi connectivity index (χ1v) is 8.67. The van der Waals surface area contributed by atoms with Gasteiger partial charge in [0.2, 0.25) is 5.91 Å². The fraction of sp³-hybridized carbons (Fsp3) is 0.333. The van der Waals surface area contributed by atoms with Crippen LogP contribution < -0.4 is 5.32 Å². The van der Waals surface area contributed by atoms with Gasteiger partial charge in [-0.2, -0.15) is 0 Å². The summed E-state index contributed by atoms with van der Waals surface area (Å²) in [4.78, 5) is 27.8. The third-order valence-electron chi connectivity index (χ3n) is 4.83. The minimum absolute atomic E-state index is 0.0617. The molecular weight excluding hydrogens is 312 g/mol. The van der Waals surface area contributed by atoms with Crippen LogP contribution >= 0.6 is 0 Å². The molecule has 0 saturated carbocycles. The Morgan fingerprint density at radius 3 is 2.44 bits per heavy atom. The minimum atomic E-state index is -0.894. The van der Waals surface area contributed by atoms with Gasteiger partial charge >= 0.3 is 0 Å². The Kier molecular flexibility index (Phi) is 4.62. The van der Waals surface area contributed by atoms with E-state index in [-0.39, 0.29) is 17.9 Å². The molecular formula is C21H24N2O2. The number of nitrogens with one attached hydrogen (secondary N) is 1. The van der Waals surface area contributed by atoms with E-state index in [2.05, 4.69) is 5.32 Å². The Balaban J connectivity index is 1.89. The zero-order chi connectivity index (χ0) is 18.0. The van der Waals surface area contributed by atoms with E-state index < -0.39 is 5.54 Å². The lowest BCUT2D eigenvalue weighted by atomic mass is 9.82. The fourth-order valence-electron chi connectivity index (χ4n) is 3.66. The lowest BCUT2D eigenvalue weighted by Crippen LogP contribution is -2.64. The lowest BCUT2D eigenvalue weighted by Gasteiger charge is -2.46. The van der Waals surface area contributed by atoms with Crippen LogP contribution in [0, 0.1) is 0 Å². The SMILES string of the molecule is CC(C)N1C(=O)c2ccccc2CC1(C)C(=O)NCc1ccccc1. The van der Waals surface area contributed by atoms with E-state index in [1.165, 1.54) is 0 Å². The molecule has 0 aliphatic carbocycles. The highest BCUT2D eigenvalue weighted by Gasteiger charge is 2.47. The average Bonchev–Trinajstić information content (AvgIpc) is 2.60. The van der Waals surface area contributed by atoms with Crippen molar-refractivity contribution in [1.29, 1.82) is 0 Å². The van der Waals surface area contributed by atoms with Crippen LogP contribution in [0.3, 0.4) is 0 Å². The van der Waals surface area contributed by atoms with Crippen molar-refractivity contribution < 1.29 is 9.59 Å². The van der Waals surface area contributed by atoms with Gasteiger partial charge in [-0.25, -0.2) is 0 Å². The molecule has 4 nitrogen and oxygen atoms in total. The first-order valence-electron chi connectivity index (χ1n) is 8.67. The summed E-state index contributed by atoms with van der Waals surface area (Å²) in [6.07, 6.45) is 0.522. The molecule has 130 valence electrons. The normalized spacial score (nSPS) is 19.7. The summed E-state index contributed by atoms with van der Waals surface area (Å²) in [5, 5.41) is 3.01. The zero-order valence-electron chi connectivity index (χ0n) is 15.0. The number of hydrogen-bond acceptors (Lipinski definition) is 2. The van der Waals surface area contributed by atoms with Gasteiger partial charge in [-0.15, -0.1) is 0 Å². The summed E-state index contributed by atoms with van der Waals surface area (Å²) < 4.78 is 0. The standard InChI is InChI=1S/C21H24N2O2/c1-15(2)23-19(24)18-12-8-7-11-17(18)13-21(23,3)20(25)22-14-16-9-5-4-6-10-16/h4-12,15H,13-14H2,1-3H3,(H,22,25). The fourth-order valence-corrected chi connectivity index (χ4v) is 3.66. The molecule has 0 bridgehead atoms. The summed E-state index contributed by atoms with van der Waals surface area (Å²) in [7, 11) is 0. The summed E-state index contributed by atoms with van der Waals surface area (Å²) in [5.41, 5.74) is 1.78. The number of hydrogen-bond donors (Lipinski definition) is 1. The molecule has 0 fully saturated rings. The molecule has 1 aliphatic heterocycles.